The summed E-state index contributed by atoms with van der Waals surface area (Å²) >= 11 is 4.32. The van der Waals surface area contributed by atoms with E-state index in [1.165, 1.54) is 6.20 Å². The second kappa shape index (κ2) is 5.97. The molecule has 0 spiro atoms. The minimum atomic E-state index is -0.933. The van der Waals surface area contributed by atoms with E-state index in [1.807, 2.05) is 0 Å². The molecule has 0 saturated heterocycles. The summed E-state index contributed by atoms with van der Waals surface area (Å²) in [4.78, 5) is 24.9. The molecule has 17 heavy (non-hydrogen) atoms. The Labute approximate surface area is 110 Å². The van der Waals surface area contributed by atoms with Crippen molar-refractivity contribution in [3.8, 4) is 0 Å². The van der Waals surface area contributed by atoms with E-state index in [0.717, 1.165) is 18.0 Å². The zero-order valence-electron chi connectivity index (χ0n) is 8.79. The lowest BCUT2D eigenvalue weighted by molar-refractivity contribution is -0.388. The van der Waals surface area contributed by atoms with Gasteiger partial charge >= 0.3 is 11.7 Å². The average molecular weight is 321 g/mol. The highest BCUT2D eigenvalue weighted by Gasteiger charge is 2.21. The monoisotopic (exact) mass is 320 g/mol. The lowest BCUT2D eigenvalue weighted by atomic mass is 10.3. The summed E-state index contributed by atoms with van der Waals surface area (Å²) in [5.41, 5.74) is -0.124. The number of aliphatic carboxylic acids is 1. The third-order valence-electron chi connectivity index (χ3n) is 1.81. The van der Waals surface area contributed by atoms with Gasteiger partial charge in [-0.05, 0) is 15.9 Å². The zero-order valence-corrected chi connectivity index (χ0v) is 11.2. The highest BCUT2D eigenvalue weighted by Crippen LogP contribution is 2.37. The molecule has 0 aliphatic rings. The number of carboxylic acids is 1. The van der Waals surface area contributed by atoms with Crippen molar-refractivity contribution in [1.82, 2.24) is 4.98 Å². The normalized spacial score (nSPS) is 12.1. The fraction of sp³-hybridized carbons (Fsp3) is 0.333. The van der Waals surface area contributed by atoms with Gasteiger partial charge in [0.25, 0.3) is 0 Å². The summed E-state index contributed by atoms with van der Waals surface area (Å²) in [6.07, 6.45) is 2.54. The Bertz CT molecular complexity index is 455. The molecule has 1 aromatic heterocycles. The molecule has 0 aliphatic carbocycles. The molecule has 1 N–H and O–H groups in total. The van der Waals surface area contributed by atoms with Crippen molar-refractivity contribution >= 4 is 39.3 Å². The Morgan fingerprint density at radius 1 is 1.71 bits per heavy atom. The third-order valence-corrected chi connectivity index (χ3v) is 3.91. The molecule has 0 saturated carbocycles. The van der Waals surface area contributed by atoms with Crippen LogP contribution in [0.1, 0.15) is 13.3 Å². The molecule has 92 valence electrons. The predicted octanol–water partition coefficient (Wildman–Crippen LogP) is 2.71. The van der Waals surface area contributed by atoms with E-state index in [2.05, 4.69) is 20.9 Å². The zero-order chi connectivity index (χ0) is 13.0. The lowest BCUT2D eigenvalue weighted by Crippen LogP contribution is -2.06. The SMILES string of the molecule is CC(CC(=O)O)Sc1c(Br)cncc1[N+](=O)[O-]. The van der Waals surface area contributed by atoms with Crippen molar-refractivity contribution in [3.05, 3.63) is 27.0 Å². The summed E-state index contributed by atoms with van der Waals surface area (Å²) in [6.45, 7) is 1.70. The highest BCUT2D eigenvalue weighted by molar-refractivity contribution is 9.10. The Balaban J connectivity index is 2.96. The number of thioether (sulfide) groups is 1. The Hall–Kier alpha value is -1.15. The van der Waals surface area contributed by atoms with Crippen LogP contribution in [0, 0.1) is 10.1 Å². The van der Waals surface area contributed by atoms with Gasteiger partial charge in [0, 0.05) is 11.4 Å². The summed E-state index contributed by atoms with van der Waals surface area (Å²) in [6, 6.07) is 0. The van der Waals surface area contributed by atoms with Crippen LogP contribution in [0.3, 0.4) is 0 Å². The van der Waals surface area contributed by atoms with Gasteiger partial charge in [-0.15, -0.1) is 11.8 Å². The van der Waals surface area contributed by atoms with Crippen molar-refractivity contribution in [2.24, 2.45) is 0 Å². The van der Waals surface area contributed by atoms with Gasteiger partial charge in [0.15, 0.2) is 0 Å². The van der Waals surface area contributed by atoms with E-state index < -0.39 is 10.9 Å². The van der Waals surface area contributed by atoms with Crippen LogP contribution in [-0.2, 0) is 4.79 Å². The second-order valence-corrected chi connectivity index (χ2v) is 5.56. The van der Waals surface area contributed by atoms with Gasteiger partial charge in [-0.1, -0.05) is 6.92 Å². The number of nitrogens with zero attached hydrogens (tertiary/aromatic N) is 2. The lowest BCUT2D eigenvalue weighted by Gasteiger charge is -2.09. The van der Waals surface area contributed by atoms with Crippen LogP contribution in [0.5, 0.6) is 0 Å². The van der Waals surface area contributed by atoms with Crippen LogP contribution in [0.25, 0.3) is 0 Å². The Morgan fingerprint density at radius 3 is 2.88 bits per heavy atom. The number of carbonyl (C=O) groups is 1. The molecule has 1 rings (SSSR count). The molecule has 1 atom stereocenters. The van der Waals surface area contributed by atoms with E-state index >= 15 is 0 Å². The van der Waals surface area contributed by atoms with Crippen LogP contribution in [0.15, 0.2) is 21.8 Å². The summed E-state index contributed by atoms with van der Waals surface area (Å²) in [5.74, 6) is -0.933. The standard InChI is InChI=1S/C9H9BrN2O4S/c1-5(2-8(13)14)17-9-6(10)3-11-4-7(9)12(15)16/h3-5H,2H2,1H3,(H,13,14). The molecule has 0 amide bonds. The van der Waals surface area contributed by atoms with Crippen LogP contribution < -0.4 is 0 Å². The molecule has 0 radical (unpaired) electrons. The van der Waals surface area contributed by atoms with Gasteiger partial charge in [0.1, 0.15) is 11.1 Å². The topological polar surface area (TPSA) is 93.3 Å². The number of hydrogen-bond donors (Lipinski definition) is 1. The minimum Gasteiger partial charge on any atom is -0.481 e. The first-order valence-corrected chi connectivity index (χ1v) is 6.25. The number of hydrogen-bond acceptors (Lipinski definition) is 5. The molecule has 1 heterocycles. The Morgan fingerprint density at radius 2 is 2.35 bits per heavy atom. The quantitative estimate of drug-likeness (QED) is 0.509. The summed E-state index contributed by atoms with van der Waals surface area (Å²) < 4.78 is 0.494. The molecule has 0 fully saturated rings. The fourth-order valence-corrected chi connectivity index (χ4v) is 2.79. The maximum absolute atomic E-state index is 10.8. The van der Waals surface area contributed by atoms with Gasteiger partial charge in [-0.25, -0.2) is 0 Å². The summed E-state index contributed by atoms with van der Waals surface area (Å²) in [7, 11) is 0. The van der Waals surface area contributed by atoms with E-state index in [1.54, 1.807) is 6.92 Å². The number of carboxylic acid groups (broad SMARTS) is 1. The van der Waals surface area contributed by atoms with Crippen molar-refractivity contribution in [3.63, 3.8) is 0 Å². The third kappa shape index (κ3) is 3.97. The van der Waals surface area contributed by atoms with E-state index in [0.29, 0.717) is 9.37 Å². The number of nitro groups is 1. The number of aromatic nitrogens is 1. The molecule has 1 aromatic rings. The van der Waals surface area contributed by atoms with Gasteiger partial charge < -0.3 is 5.11 Å². The summed E-state index contributed by atoms with van der Waals surface area (Å²) in [5, 5.41) is 19.2. The average Bonchev–Trinajstić information content (AvgIpc) is 2.19. The van der Waals surface area contributed by atoms with Gasteiger partial charge in [0.05, 0.1) is 15.8 Å². The van der Waals surface area contributed by atoms with Crippen LogP contribution in [0.4, 0.5) is 5.69 Å². The molecular weight excluding hydrogens is 312 g/mol. The number of pyridine rings is 1. The van der Waals surface area contributed by atoms with Crippen molar-refractivity contribution in [2.75, 3.05) is 0 Å². The molecule has 6 nitrogen and oxygen atoms in total. The van der Waals surface area contributed by atoms with Crippen molar-refractivity contribution in [2.45, 2.75) is 23.5 Å². The fourth-order valence-electron chi connectivity index (χ4n) is 1.15. The largest absolute Gasteiger partial charge is 0.481 e. The molecule has 8 heteroatoms. The van der Waals surface area contributed by atoms with E-state index in [9.17, 15) is 14.9 Å². The first-order valence-electron chi connectivity index (χ1n) is 4.58. The first-order chi connectivity index (χ1) is 7.91. The van der Waals surface area contributed by atoms with Crippen LogP contribution >= 0.6 is 27.7 Å². The maximum atomic E-state index is 10.8. The molecule has 1 unspecified atom stereocenters. The highest BCUT2D eigenvalue weighted by atomic mass is 79.9. The Kier molecular flexibility index (Phi) is 4.88. The maximum Gasteiger partial charge on any atom is 0.304 e. The van der Waals surface area contributed by atoms with E-state index in [4.69, 9.17) is 5.11 Å². The van der Waals surface area contributed by atoms with Crippen molar-refractivity contribution < 1.29 is 14.8 Å². The molecule has 0 aliphatic heterocycles. The predicted molar refractivity (Wildman–Crippen MR) is 66.2 cm³/mol. The number of rotatable bonds is 5. The van der Waals surface area contributed by atoms with Crippen LogP contribution in [0.2, 0.25) is 0 Å². The first kappa shape index (κ1) is 13.9. The molecule has 0 bridgehead atoms. The smallest absolute Gasteiger partial charge is 0.304 e. The molecule has 0 aromatic carbocycles. The minimum absolute atomic E-state index is 0.0589. The second-order valence-electron chi connectivity index (χ2n) is 3.25. The van der Waals surface area contributed by atoms with Gasteiger partial charge in [0.2, 0.25) is 0 Å². The number of halogens is 1. The molecular formula is C9H9BrN2O4S. The van der Waals surface area contributed by atoms with E-state index in [-0.39, 0.29) is 17.4 Å². The van der Waals surface area contributed by atoms with Crippen LogP contribution in [-0.4, -0.2) is 26.2 Å². The van der Waals surface area contributed by atoms with Gasteiger partial charge in [-0.3, -0.25) is 19.9 Å². The van der Waals surface area contributed by atoms with Gasteiger partial charge in [-0.2, -0.15) is 0 Å². The van der Waals surface area contributed by atoms with Crippen molar-refractivity contribution in [1.29, 1.82) is 0 Å².